The highest BCUT2D eigenvalue weighted by Gasteiger charge is 2.20. The predicted octanol–water partition coefficient (Wildman–Crippen LogP) is 3.13. The van der Waals surface area contributed by atoms with Crippen molar-refractivity contribution in [1.82, 2.24) is 20.0 Å². The van der Waals surface area contributed by atoms with Gasteiger partial charge < -0.3 is 10.2 Å². The molecule has 1 N–H and O–H groups in total. The third-order valence-corrected chi connectivity index (χ3v) is 5.92. The van der Waals surface area contributed by atoms with Crippen LogP contribution in [0.2, 0.25) is 0 Å². The van der Waals surface area contributed by atoms with Crippen LogP contribution in [0.3, 0.4) is 0 Å². The fourth-order valence-electron chi connectivity index (χ4n) is 4.21. The number of para-hydroxylation sites is 2. The van der Waals surface area contributed by atoms with Crippen LogP contribution in [0.5, 0.6) is 0 Å². The summed E-state index contributed by atoms with van der Waals surface area (Å²) in [7, 11) is 0. The molecule has 1 saturated heterocycles. The Hall–Kier alpha value is -3.63. The molecule has 2 heterocycles. The number of carbonyl (C=O) groups is 1. The number of anilines is 1. The molecule has 0 aliphatic carbocycles. The topological polar surface area (TPSA) is 77.2 Å². The van der Waals surface area contributed by atoms with Crippen LogP contribution >= 0.6 is 0 Å². The minimum absolute atomic E-state index is 0.0204. The minimum atomic E-state index is -0.0204. The molecule has 0 radical (unpaired) electrons. The first kappa shape index (κ1) is 22.6. The minimum Gasteiger partial charge on any atom is -0.368 e. The van der Waals surface area contributed by atoms with Gasteiger partial charge in [-0.1, -0.05) is 43.7 Å². The van der Waals surface area contributed by atoms with Gasteiger partial charge in [-0.3, -0.25) is 9.69 Å². The molecule has 1 fully saturated rings. The number of nitrogens with zero attached hydrogens (tertiary/aromatic N) is 5. The number of hydrogen-bond acceptors (Lipinski definition) is 5. The Morgan fingerprint density at radius 1 is 1.06 bits per heavy atom. The molecular weight excluding hydrogens is 412 g/mol. The second-order valence-corrected chi connectivity index (χ2v) is 8.29. The summed E-state index contributed by atoms with van der Waals surface area (Å²) in [6, 6.07) is 22.1. The van der Waals surface area contributed by atoms with Gasteiger partial charge in [-0.15, -0.1) is 0 Å². The van der Waals surface area contributed by atoms with Crippen molar-refractivity contribution >= 4 is 11.6 Å². The van der Waals surface area contributed by atoms with E-state index in [1.54, 1.807) is 0 Å². The normalized spacial score (nSPS) is 14.1. The first-order valence-electron chi connectivity index (χ1n) is 11.5. The molecule has 1 aliphatic rings. The van der Waals surface area contributed by atoms with Crippen molar-refractivity contribution in [3.8, 4) is 11.8 Å². The standard InChI is InChI=1S/C26H30N6O/c1-2-8-24-17-22(29-32(24)23-10-4-3-5-11-23)18-26(33)28-20-30-13-15-31(16-14-30)25-12-7-6-9-21(25)19-27/h3-7,9-12,17H,2,8,13-16,18,20H2,1H3,(H,28,33). The second kappa shape index (κ2) is 10.8. The van der Waals surface area contributed by atoms with Crippen molar-refractivity contribution < 1.29 is 4.79 Å². The number of amides is 1. The lowest BCUT2D eigenvalue weighted by atomic mass is 10.1. The van der Waals surface area contributed by atoms with Gasteiger partial charge in [-0.25, -0.2) is 4.68 Å². The fraction of sp³-hybridized carbons (Fsp3) is 0.346. The van der Waals surface area contributed by atoms with E-state index in [1.165, 1.54) is 0 Å². The summed E-state index contributed by atoms with van der Waals surface area (Å²) < 4.78 is 1.95. The van der Waals surface area contributed by atoms with Gasteiger partial charge in [-0.05, 0) is 36.8 Å². The molecule has 3 aromatic rings. The van der Waals surface area contributed by atoms with E-state index >= 15 is 0 Å². The zero-order valence-corrected chi connectivity index (χ0v) is 19.1. The highest BCUT2D eigenvalue weighted by molar-refractivity contribution is 5.78. The SMILES string of the molecule is CCCc1cc(CC(=O)NCN2CCN(c3ccccc3C#N)CC2)nn1-c1ccccc1. The van der Waals surface area contributed by atoms with E-state index in [1.807, 2.05) is 65.3 Å². The van der Waals surface area contributed by atoms with E-state index in [9.17, 15) is 10.1 Å². The summed E-state index contributed by atoms with van der Waals surface area (Å²) in [5.41, 5.74) is 4.62. The van der Waals surface area contributed by atoms with E-state index in [2.05, 4.69) is 28.1 Å². The highest BCUT2D eigenvalue weighted by Crippen LogP contribution is 2.21. The summed E-state index contributed by atoms with van der Waals surface area (Å²) in [5.74, 6) is -0.0204. The average Bonchev–Trinajstić information content (AvgIpc) is 3.26. The molecule has 0 spiro atoms. The number of piperazine rings is 1. The fourth-order valence-corrected chi connectivity index (χ4v) is 4.21. The van der Waals surface area contributed by atoms with E-state index in [4.69, 9.17) is 5.10 Å². The maximum atomic E-state index is 12.6. The second-order valence-electron chi connectivity index (χ2n) is 8.29. The zero-order chi connectivity index (χ0) is 23.0. The van der Waals surface area contributed by atoms with E-state index in [-0.39, 0.29) is 12.3 Å². The van der Waals surface area contributed by atoms with Crippen molar-refractivity contribution in [2.75, 3.05) is 37.7 Å². The Labute approximate surface area is 195 Å². The van der Waals surface area contributed by atoms with Gasteiger partial charge in [0.25, 0.3) is 0 Å². The third-order valence-electron chi connectivity index (χ3n) is 5.92. The molecule has 0 unspecified atom stereocenters. The number of benzene rings is 2. The van der Waals surface area contributed by atoms with Crippen molar-refractivity contribution in [2.45, 2.75) is 26.2 Å². The van der Waals surface area contributed by atoms with Crippen LogP contribution in [-0.4, -0.2) is 53.4 Å². The Morgan fingerprint density at radius 3 is 2.52 bits per heavy atom. The van der Waals surface area contributed by atoms with Gasteiger partial charge in [0.15, 0.2) is 0 Å². The van der Waals surface area contributed by atoms with Crippen LogP contribution in [-0.2, 0) is 17.6 Å². The largest absolute Gasteiger partial charge is 0.368 e. The van der Waals surface area contributed by atoms with Gasteiger partial charge in [0.05, 0.1) is 35.7 Å². The smallest absolute Gasteiger partial charge is 0.227 e. The molecule has 4 rings (SSSR count). The van der Waals surface area contributed by atoms with E-state index in [0.29, 0.717) is 12.2 Å². The van der Waals surface area contributed by atoms with Gasteiger partial charge in [0, 0.05) is 31.9 Å². The molecular formula is C26H30N6O. The summed E-state index contributed by atoms with van der Waals surface area (Å²) in [6.45, 7) is 6.00. The summed E-state index contributed by atoms with van der Waals surface area (Å²) in [5, 5.41) is 17.1. The maximum absolute atomic E-state index is 12.6. The Bertz CT molecular complexity index is 1110. The number of rotatable bonds is 8. The number of carbonyl (C=O) groups excluding carboxylic acids is 1. The molecule has 1 aliphatic heterocycles. The Morgan fingerprint density at radius 2 is 1.79 bits per heavy atom. The number of aryl methyl sites for hydroxylation is 1. The lowest BCUT2D eigenvalue weighted by Gasteiger charge is -2.36. The van der Waals surface area contributed by atoms with Gasteiger partial charge in [-0.2, -0.15) is 10.4 Å². The number of nitriles is 1. The lowest BCUT2D eigenvalue weighted by molar-refractivity contribution is -0.121. The monoisotopic (exact) mass is 442 g/mol. The third kappa shape index (κ3) is 5.60. The number of aromatic nitrogens is 2. The highest BCUT2D eigenvalue weighted by atomic mass is 16.1. The van der Waals surface area contributed by atoms with Crippen LogP contribution in [0.1, 0.15) is 30.3 Å². The van der Waals surface area contributed by atoms with Crippen LogP contribution in [0.15, 0.2) is 60.7 Å². The van der Waals surface area contributed by atoms with E-state index < -0.39 is 0 Å². The number of nitrogens with one attached hydrogen (secondary N) is 1. The van der Waals surface area contributed by atoms with Gasteiger partial charge in [0.2, 0.25) is 5.91 Å². The predicted molar refractivity (Wildman–Crippen MR) is 129 cm³/mol. The van der Waals surface area contributed by atoms with Crippen molar-refractivity contribution in [3.63, 3.8) is 0 Å². The van der Waals surface area contributed by atoms with Crippen LogP contribution in [0.25, 0.3) is 5.69 Å². The van der Waals surface area contributed by atoms with Crippen molar-refractivity contribution in [3.05, 3.63) is 77.6 Å². The summed E-state index contributed by atoms with van der Waals surface area (Å²) in [6.07, 6.45) is 2.21. The zero-order valence-electron chi connectivity index (χ0n) is 19.1. The molecule has 0 bridgehead atoms. The van der Waals surface area contributed by atoms with E-state index in [0.717, 1.165) is 61.8 Å². The summed E-state index contributed by atoms with van der Waals surface area (Å²) >= 11 is 0. The molecule has 1 aromatic heterocycles. The van der Waals surface area contributed by atoms with Crippen molar-refractivity contribution in [2.24, 2.45) is 0 Å². The molecule has 2 aromatic carbocycles. The number of hydrogen-bond donors (Lipinski definition) is 1. The molecule has 33 heavy (non-hydrogen) atoms. The van der Waals surface area contributed by atoms with Crippen LogP contribution < -0.4 is 10.2 Å². The Balaban J connectivity index is 1.29. The summed E-state index contributed by atoms with van der Waals surface area (Å²) in [4.78, 5) is 17.1. The lowest BCUT2D eigenvalue weighted by Crippen LogP contribution is -2.50. The first-order valence-corrected chi connectivity index (χ1v) is 11.5. The quantitative estimate of drug-likeness (QED) is 0.580. The van der Waals surface area contributed by atoms with Gasteiger partial charge in [0.1, 0.15) is 6.07 Å². The van der Waals surface area contributed by atoms with Crippen molar-refractivity contribution in [1.29, 1.82) is 5.26 Å². The van der Waals surface area contributed by atoms with Crippen LogP contribution in [0.4, 0.5) is 5.69 Å². The molecule has 7 heteroatoms. The average molecular weight is 443 g/mol. The molecule has 0 atom stereocenters. The first-order chi connectivity index (χ1) is 16.2. The van der Waals surface area contributed by atoms with Crippen LogP contribution in [0, 0.1) is 11.3 Å². The molecule has 170 valence electrons. The maximum Gasteiger partial charge on any atom is 0.227 e. The molecule has 0 saturated carbocycles. The van der Waals surface area contributed by atoms with Gasteiger partial charge >= 0.3 is 0 Å². The Kier molecular flexibility index (Phi) is 7.38. The molecule has 7 nitrogen and oxygen atoms in total. The molecule has 1 amide bonds.